The van der Waals surface area contributed by atoms with Crippen LogP contribution in [0.1, 0.15) is 20.8 Å². The third-order valence-corrected chi connectivity index (χ3v) is 5.59. The molecule has 118 valence electrons. The summed E-state index contributed by atoms with van der Waals surface area (Å²) in [5, 5.41) is 2.68. The van der Waals surface area contributed by atoms with Gasteiger partial charge in [0.2, 0.25) is 15.9 Å². The molecule has 1 amide bonds. The van der Waals surface area contributed by atoms with Crippen LogP contribution in [0.15, 0.2) is 27.6 Å². The Morgan fingerprint density at radius 2 is 2.05 bits per heavy atom. The Balaban J connectivity index is 3.05. The Morgan fingerprint density at radius 1 is 1.43 bits per heavy atom. The van der Waals surface area contributed by atoms with Gasteiger partial charge in [-0.25, -0.2) is 8.42 Å². The van der Waals surface area contributed by atoms with E-state index in [4.69, 9.17) is 5.73 Å². The SMILES string of the molecule is CCN(CC(=O)NC(C)C)S(=O)(=O)c1ccc(N)cc1Br. The zero-order valence-corrected chi connectivity index (χ0v) is 14.7. The number of benzene rings is 1. The van der Waals surface area contributed by atoms with E-state index in [-0.39, 0.29) is 29.9 Å². The van der Waals surface area contributed by atoms with Gasteiger partial charge >= 0.3 is 0 Å². The van der Waals surface area contributed by atoms with Crippen LogP contribution in [0.3, 0.4) is 0 Å². The number of hydrogen-bond acceptors (Lipinski definition) is 4. The number of carbonyl (C=O) groups is 1. The van der Waals surface area contributed by atoms with Gasteiger partial charge in [0.05, 0.1) is 11.4 Å². The first-order valence-electron chi connectivity index (χ1n) is 6.53. The van der Waals surface area contributed by atoms with E-state index in [2.05, 4.69) is 21.2 Å². The molecule has 1 aromatic carbocycles. The zero-order chi connectivity index (χ0) is 16.2. The molecular weight excluding hydrogens is 358 g/mol. The molecule has 0 heterocycles. The molecule has 0 aromatic heterocycles. The topological polar surface area (TPSA) is 92.5 Å². The zero-order valence-electron chi connectivity index (χ0n) is 12.3. The monoisotopic (exact) mass is 377 g/mol. The van der Waals surface area contributed by atoms with Crippen molar-refractivity contribution in [2.45, 2.75) is 31.7 Å². The molecule has 1 aromatic rings. The predicted molar refractivity (Wildman–Crippen MR) is 86.3 cm³/mol. The van der Waals surface area contributed by atoms with E-state index in [1.165, 1.54) is 18.2 Å². The van der Waals surface area contributed by atoms with E-state index in [0.717, 1.165) is 4.31 Å². The van der Waals surface area contributed by atoms with Crippen LogP contribution in [0.5, 0.6) is 0 Å². The summed E-state index contributed by atoms with van der Waals surface area (Å²) in [5.41, 5.74) is 6.07. The first-order chi connectivity index (χ1) is 9.68. The van der Waals surface area contributed by atoms with Gasteiger partial charge in [-0.3, -0.25) is 4.79 Å². The van der Waals surface area contributed by atoms with Crippen molar-refractivity contribution in [3.63, 3.8) is 0 Å². The number of sulfonamides is 1. The number of anilines is 1. The number of hydrogen-bond donors (Lipinski definition) is 2. The number of likely N-dealkylation sites (N-methyl/N-ethyl adjacent to an activating group) is 1. The number of halogens is 1. The molecule has 0 bridgehead atoms. The van der Waals surface area contributed by atoms with Gasteiger partial charge in [0.1, 0.15) is 0 Å². The fourth-order valence-corrected chi connectivity index (χ4v) is 4.22. The maximum absolute atomic E-state index is 12.6. The van der Waals surface area contributed by atoms with Crippen molar-refractivity contribution in [1.82, 2.24) is 9.62 Å². The minimum Gasteiger partial charge on any atom is -0.399 e. The predicted octanol–water partition coefficient (Wildman–Crippen LogP) is 1.57. The Labute approximate surface area is 133 Å². The van der Waals surface area contributed by atoms with Crippen LogP contribution in [0.4, 0.5) is 5.69 Å². The minimum atomic E-state index is -3.76. The van der Waals surface area contributed by atoms with E-state index in [1.807, 2.05) is 13.8 Å². The highest BCUT2D eigenvalue weighted by Gasteiger charge is 2.27. The summed E-state index contributed by atoms with van der Waals surface area (Å²) in [7, 11) is -3.76. The number of nitrogens with zero attached hydrogens (tertiary/aromatic N) is 1. The molecule has 0 spiro atoms. The van der Waals surface area contributed by atoms with Crippen LogP contribution >= 0.6 is 15.9 Å². The summed E-state index contributed by atoms with van der Waals surface area (Å²) in [4.78, 5) is 11.9. The van der Waals surface area contributed by atoms with Crippen molar-refractivity contribution in [2.75, 3.05) is 18.8 Å². The number of carbonyl (C=O) groups excluding carboxylic acids is 1. The second-order valence-corrected chi connectivity index (χ2v) is 7.60. The normalized spacial score (nSPS) is 11.9. The molecular formula is C13H20BrN3O3S. The van der Waals surface area contributed by atoms with Crippen LogP contribution in [-0.4, -0.2) is 37.8 Å². The molecule has 0 saturated carbocycles. The van der Waals surface area contributed by atoms with Gasteiger partial charge in [-0.2, -0.15) is 4.31 Å². The van der Waals surface area contributed by atoms with Crippen molar-refractivity contribution >= 4 is 37.5 Å². The Kier molecular flexibility index (Phi) is 6.18. The fourth-order valence-electron chi connectivity index (χ4n) is 1.76. The van der Waals surface area contributed by atoms with Crippen LogP contribution in [0.2, 0.25) is 0 Å². The lowest BCUT2D eigenvalue weighted by Crippen LogP contribution is -2.42. The summed E-state index contributed by atoms with van der Waals surface area (Å²) in [6, 6.07) is 4.42. The van der Waals surface area contributed by atoms with E-state index in [1.54, 1.807) is 6.92 Å². The van der Waals surface area contributed by atoms with Gasteiger partial charge in [-0.05, 0) is 48.0 Å². The Morgan fingerprint density at radius 3 is 2.52 bits per heavy atom. The lowest BCUT2D eigenvalue weighted by Gasteiger charge is -2.21. The molecule has 8 heteroatoms. The largest absolute Gasteiger partial charge is 0.399 e. The Bertz CT molecular complexity index is 617. The smallest absolute Gasteiger partial charge is 0.244 e. The average molecular weight is 378 g/mol. The van der Waals surface area contributed by atoms with Gasteiger partial charge in [0, 0.05) is 22.7 Å². The fraction of sp³-hybridized carbons (Fsp3) is 0.462. The molecule has 0 fully saturated rings. The number of amides is 1. The van der Waals surface area contributed by atoms with Gasteiger partial charge in [-0.1, -0.05) is 6.92 Å². The maximum Gasteiger partial charge on any atom is 0.244 e. The summed E-state index contributed by atoms with van der Waals surface area (Å²) < 4.78 is 26.7. The van der Waals surface area contributed by atoms with Gasteiger partial charge in [0.25, 0.3) is 0 Å². The molecule has 0 unspecified atom stereocenters. The maximum atomic E-state index is 12.6. The van der Waals surface area contributed by atoms with Gasteiger partial charge in [0.15, 0.2) is 0 Å². The third kappa shape index (κ3) is 4.69. The minimum absolute atomic E-state index is 0.0397. The highest BCUT2D eigenvalue weighted by atomic mass is 79.9. The molecule has 0 saturated heterocycles. The highest BCUT2D eigenvalue weighted by molar-refractivity contribution is 9.10. The number of nitrogens with one attached hydrogen (secondary N) is 1. The molecule has 1 rings (SSSR count). The molecule has 0 aliphatic rings. The summed E-state index contributed by atoms with van der Waals surface area (Å²) in [5.74, 6) is -0.331. The third-order valence-electron chi connectivity index (χ3n) is 2.70. The highest BCUT2D eigenvalue weighted by Crippen LogP contribution is 2.26. The van der Waals surface area contributed by atoms with Gasteiger partial charge < -0.3 is 11.1 Å². The van der Waals surface area contributed by atoms with Crippen LogP contribution in [0, 0.1) is 0 Å². The van der Waals surface area contributed by atoms with Crippen molar-refractivity contribution in [3.8, 4) is 0 Å². The summed E-state index contributed by atoms with van der Waals surface area (Å²) >= 11 is 3.20. The van der Waals surface area contributed by atoms with Crippen LogP contribution in [-0.2, 0) is 14.8 Å². The molecule has 6 nitrogen and oxygen atoms in total. The standard InChI is InChI=1S/C13H20BrN3O3S/c1-4-17(8-13(18)16-9(2)3)21(19,20)12-6-5-10(15)7-11(12)14/h5-7,9H,4,8,15H2,1-3H3,(H,16,18). The number of rotatable bonds is 6. The Hall–Kier alpha value is -1.12. The van der Waals surface area contributed by atoms with Crippen molar-refractivity contribution in [1.29, 1.82) is 0 Å². The molecule has 0 radical (unpaired) electrons. The van der Waals surface area contributed by atoms with E-state index in [0.29, 0.717) is 10.2 Å². The van der Waals surface area contributed by atoms with E-state index < -0.39 is 10.0 Å². The number of nitrogens with two attached hydrogens (primary N) is 1. The number of nitrogen functional groups attached to an aromatic ring is 1. The molecule has 0 aliphatic heterocycles. The van der Waals surface area contributed by atoms with Crippen molar-refractivity contribution in [2.24, 2.45) is 0 Å². The molecule has 3 N–H and O–H groups in total. The summed E-state index contributed by atoms with van der Waals surface area (Å²) in [6.45, 7) is 5.31. The van der Waals surface area contributed by atoms with Crippen LogP contribution in [0.25, 0.3) is 0 Å². The van der Waals surface area contributed by atoms with Crippen molar-refractivity contribution in [3.05, 3.63) is 22.7 Å². The molecule has 0 aliphatic carbocycles. The van der Waals surface area contributed by atoms with Crippen molar-refractivity contribution < 1.29 is 13.2 Å². The lowest BCUT2D eigenvalue weighted by molar-refractivity contribution is -0.121. The molecule has 21 heavy (non-hydrogen) atoms. The second kappa shape index (κ2) is 7.24. The average Bonchev–Trinajstić information content (AvgIpc) is 2.34. The van der Waals surface area contributed by atoms with Crippen LogP contribution < -0.4 is 11.1 Å². The van der Waals surface area contributed by atoms with E-state index in [9.17, 15) is 13.2 Å². The first-order valence-corrected chi connectivity index (χ1v) is 8.76. The quantitative estimate of drug-likeness (QED) is 0.735. The van der Waals surface area contributed by atoms with E-state index >= 15 is 0 Å². The lowest BCUT2D eigenvalue weighted by atomic mass is 10.3. The first kappa shape index (κ1) is 17.9. The van der Waals surface area contributed by atoms with Gasteiger partial charge in [-0.15, -0.1) is 0 Å². The summed E-state index contributed by atoms with van der Waals surface area (Å²) in [6.07, 6.45) is 0. The molecule has 0 atom stereocenters. The second-order valence-electron chi connectivity index (χ2n) is 4.84.